The summed E-state index contributed by atoms with van der Waals surface area (Å²) in [4.78, 5) is 10.5. The van der Waals surface area contributed by atoms with E-state index in [0.29, 0.717) is 5.56 Å². The fourth-order valence-corrected chi connectivity index (χ4v) is 1.11. The standard InChI is InChI=1S/C10H13NO2.ClH/c1-2-9(11)7-3-5-8(6-4-7)10(12)13;/h3-6,9H,2,11H2,1H3,(H,12,13);1H/t9-;/m1./s1. The van der Waals surface area contributed by atoms with E-state index in [1.807, 2.05) is 6.92 Å². The zero-order valence-electron chi connectivity index (χ0n) is 7.93. The van der Waals surface area contributed by atoms with Crippen molar-refractivity contribution in [2.75, 3.05) is 0 Å². The third kappa shape index (κ3) is 3.01. The number of halogens is 1. The van der Waals surface area contributed by atoms with Gasteiger partial charge in [0.2, 0.25) is 0 Å². The van der Waals surface area contributed by atoms with Crippen LogP contribution in [0.5, 0.6) is 0 Å². The minimum atomic E-state index is -0.906. The van der Waals surface area contributed by atoms with E-state index < -0.39 is 5.97 Å². The van der Waals surface area contributed by atoms with Gasteiger partial charge < -0.3 is 10.8 Å². The lowest BCUT2D eigenvalue weighted by Gasteiger charge is -2.08. The predicted octanol–water partition coefficient (Wildman–Crippen LogP) is 2.22. The largest absolute Gasteiger partial charge is 0.478 e. The highest BCUT2D eigenvalue weighted by atomic mass is 35.5. The Balaban J connectivity index is 0.00000169. The second kappa shape index (κ2) is 5.62. The maximum atomic E-state index is 10.5. The lowest BCUT2D eigenvalue weighted by atomic mass is 10.0. The first-order valence-electron chi connectivity index (χ1n) is 4.24. The van der Waals surface area contributed by atoms with Crippen LogP contribution in [0.4, 0.5) is 0 Å². The Morgan fingerprint density at radius 1 is 1.43 bits per heavy atom. The van der Waals surface area contributed by atoms with Crippen LogP contribution in [0.25, 0.3) is 0 Å². The first-order chi connectivity index (χ1) is 6.15. The van der Waals surface area contributed by atoms with E-state index in [1.165, 1.54) is 0 Å². The zero-order chi connectivity index (χ0) is 9.84. The number of carbonyl (C=O) groups is 1. The number of hydrogen-bond acceptors (Lipinski definition) is 2. The highest BCUT2D eigenvalue weighted by Gasteiger charge is 2.05. The van der Waals surface area contributed by atoms with Gasteiger partial charge in [-0.05, 0) is 24.1 Å². The molecule has 0 saturated heterocycles. The summed E-state index contributed by atoms with van der Waals surface area (Å²) >= 11 is 0. The van der Waals surface area contributed by atoms with Crippen molar-refractivity contribution in [1.29, 1.82) is 0 Å². The highest BCUT2D eigenvalue weighted by Crippen LogP contribution is 2.14. The van der Waals surface area contributed by atoms with Crippen molar-refractivity contribution in [3.63, 3.8) is 0 Å². The van der Waals surface area contributed by atoms with Crippen molar-refractivity contribution in [3.05, 3.63) is 35.4 Å². The molecule has 1 rings (SSSR count). The summed E-state index contributed by atoms with van der Waals surface area (Å²) in [6, 6.07) is 6.68. The fourth-order valence-electron chi connectivity index (χ4n) is 1.11. The van der Waals surface area contributed by atoms with Gasteiger partial charge in [0.15, 0.2) is 0 Å². The molecule has 0 amide bonds. The summed E-state index contributed by atoms with van der Waals surface area (Å²) in [5.41, 5.74) is 7.05. The van der Waals surface area contributed by atoms with Crippen LogP contribution in [-0.4, -0.2) is 11.1 Å². The van der Waals surface area contributed by atoms with Crippen LogP contribution in [0, 0.1) is 0 Å². The molecular weight excluding hydrogens is 202 g/mol. The molecule has 1 atom stereocenters. The summed E-state index contributed by atoms with van der Waals surface area (Å²) in [5.74, 6) is -0.906. The van der Waals surface area contributed by atoms with Crippen LogP contribution in [0.1, 0.15) is 35.3 Å². The molecule has 0 unspecified atom stereocenters. The lowest BCUT2D eigenvalue weighted by molar-refractivity contribution is 0.0697. The van der Waals surface area contributed by atoms with Crippen molar-refractivity contribution in [1.82, 2.24) is 0 Å². The molecular formula is C10H14ClNO2. The Labute approximate surface area is 89.3 Å². The van der Waals surface area contributed by atoms with E-state index in [9.17, 15) is 4.79 Å². The molecule has 3 N–H and O–H groups in total. The summed E-state index contributed by atoms with van der Waals surface area (Å²) in [7, 11) is 0. The number of carboxylic acid groups (broad SMARTS) is 1. The molecule has 14 heavy (non-hydrogen) atoms. The normalized spacial score (nSPS) is 11.6. The quantitative estimate of drug-likeness (QED) is 0.813. The third-order valence-corrected chi connectivity index (χ3v) is 2.03. The molecule has 0 radical (unpaired) electrons. The highest BCUT2D eigenvalue weighted by molar-refractivity contribution is 5.87. The smallest absolute Gasteiger partial charge is 0.335 e. The first-order valence-corrected chi connectivity index (χ1v) is 4.24. The molecule has 1 aromatic carbocycles. The predicted molar refractivity (Wildman–Crippen MR) is 57.9 cm³/mol. The van der Waals surface area contributed by atoms with Crippen molar-refractivity contribution < 1.29 is 9.90 Å². The Bertz CT molecular complexity index is 297. The molecule has 0 aliphatic rings. The Morgan fingerprint density at radius 3 is 2.29 bits per heavy atom. The Kier molecular flexibility index (Phi) is 5.20. The van der Waals surface area contributed by atoms with Gasteiger partial charge in [-0.1, -0.05) is 19.1 Å². The van der Waals surface area contributed by atoms with Gasteiger partial charge in [-0.15, -0.1) is 12.4 Å². The van der Waals surface area contributed by atoms with Crippen molar-refractivity contribution >= 4 is 18.4 Å². The molecule has 0 heterocycles. The van der Waals surface area contributed by atoms with E-state index >= 15 is 0 Å². The minimum absolute atomic E-state index is 0. The first kappa shape index (κ1) is 12.9. The van der Waals surface area contributed by atoms with E-state index in [-0.39, 0.29) is 18.4 Å². The van der Waals surface area contributed by atoms with Gasteiger partial charge in [0.05, 0.1) is 5.56 Å². The number of rotatable bonds is 3. The molecule has 0 spiro atoms. The van der Waals surface area contributed by atoms with Gasteiger partial charge in [-0.3, -0.25) is 0 Å². The molecule has 4 heteroatoms. The van der Waals surface area contributed by atoms with Gasteiger partial charge in [-0.25, -0.2) is 4.79 Å². The maximum Gasteiger partial charge on any atom is 0.335 e. The van der Waals surface area contributed by atoms with Crippen molar-refractivity contribution in [2.24, 2.45) is 5.73 Å². The summed E-state index contributed by atoms with van der Waals surface area (Å²) in [6.45, 7) is 2.00. The van der Waals surface area contributed by atoms with Gasteiger partial charge >= 0.3 is 5.97 Å². The van der Waals surface area contributed by atoms with Crippen molar-refractivity contribution in [3.8, 4) is 0 Å². The molecule has 0 saturated carbocycles. The second-order valence-electron chi connectivity index (χ2n) is 2.94. The van der Waals surface area contributed by atoms with Gasteiger partial charge in [0.1, 0.15) is 0 Å². The van der Waals surface area contributed by atoms with Gasteiger partial charge in [-0.2, -0.15) is 0 Å². The molecule has 0 aliphatic heterocycles. The average Bonchev–Trinajstić information content (AvgIpc) is 2.17. The number of nitrogens with two attached hydrogens (primary N) is 1. The summed E-state index contributed by atoms with van der Waals surface area (Å²) in [5, 5.41) is 8.64. The minimum Gasteiger partial charge on any atom is -0.478 e. The molecule has 0 fully saturated rings. The lowest BCUT2D eigenvalue weighted by Crippen LogP contribution is -2.08. The second-order valence-corrected chi connectivity index (χ2v) is 2.94. The fraction of sp³-hybridized carbons (Fsp3) is 0.300. The maximum absolute atomic E-state index is 10.5. The van der Waals surface area contributed by atoms with Crippen LogP contribution in [0.2, 0.25) is 0 Å². The molecule has 0 aromatic heterocycles. The molecule has 3 nitrogen and oxygen atoms in total. The zero-order valence-corrected chi connectivity index (χ0v) is 8.75. The van der Waals surface area contributed by atoms with Gasteiger partial charge in [0, 0.05) is 6.04 Å². The van der Waals surface area contributed by atoms with Crippen LogP contribution in [0.15, 0.2) is 24.3 Å². The molecule has 0 aliphatic carbocycles. The number of aromatic carboxylic acids is 1. The summed E-state index contributed by atoms with van der Waals surface area (Å²) in [6.07, 6.45) is 0.854. The third-order valence-electron chi connectivity index (χ3n) is 2.03. The van der Waals surface area contributed by atoms with E-state index in [0.717, 1.165) is 12.0 Å². The van der Waals surface area contributed by atoms with Crippen molar-refractivity contribution in [2.45, 2.75) is 19.4 Å². The Morgan fingerprint density at radius 2 is 1.93 bits per heavy atom. The number of carboxylic acids is 1. The molecule has 1 aromatic rings. The number of hydrogen-bond donors (Lipinski definition) is 2. The van der Waals surface area contributed by atoms with E-state index in [1.54, 1.807) is 24.3 Å². The summed E-state index contributed by atoms with van der Waals surface area (Å²) < 4.78 is 0. The SMILES string of the molecule is CC[C@@H](N)c1ccc(C(=O)O)cc1.Cl. The van der Waals surface area contributed by atoms with Crippen LogP contribution < -0.4 is 5.73 Å². The van der Waals surface area contributed by atoms with Gasteiger partial charge in [0.25, 0.3) is 0 Å². The van der Waals surface area contributed by atoms with E-state index in [2.05, 4.69) is 0 Å². The topological polar surface area (TPSA) is 63.3 Å². The van der Waals surface area contributed by atoms with E-state index in [4.69, 9.17) is 10.8 Å². The van der Waals surface area contributed by atoms with Crippen LogP contribution in [-0.2, 0) is 0 Å². The molecule has 0 bridgehead atoms. The Hall–Kier alpha value is -1.06. The number of benzene rings is 1. The monoisotopic (exact) mass is 215 g/mol. The van der Waals surface area contributed by atoms with Crippen LogP contribution in [0.3, 0.4) is 0 Å². The molecule has 78 valence electrons. The average molecular weight is 216 g/mol. The van der Waals surface area contributed by atoms with Crippen LogP contribution >= 0.6 is 12.4 Å².